The van der Waals surface area contributed by atoms with Gasteiger partial charge in [-0.05, 0) is 32.0 Å². The van der Waals surface area contributed by atoms with Crippen molar-refractivity contribution in [2.45, 2.75) is 23.1 Å². The fraction of sp³-hybridized carbons (Fsp3) is 0.545. The summed E-state index contributed by atoms with van der Waals surface area (Å²) in [5.74, 6) is 0. The standard InChI is InChI=1S/C11H17N3O2S3/c1-14(8-2-3-8)7-6-13-19(15,16)10-5-4-9(18-10)11(12)17/h4-5,8,13H,2-3,6-7H2,1H3,(H2,12,17). The molecule has 1 aromatic rings. The van der Waals surface area contributed by atoms with E-state index < -0.39 is 10.0 Å². The number of likely N-dealkylation sites (N-methyl/N-ethyl adjacent to an activating group) is 1. The molecule has 1 aliphatic carbocycles. The number of nitrogens with one attached hydrogen (secondary N) is 1. The molecule has 2 rings (SSSR count). The molecular weight excluding hydrogens is 302 g/mol. The van der Waals surface area contributed by atoms with Crippen molar-refractivity contribution in [1.29, 1.82) is 0 Å². The van der Waals surface area contributed by atoms with Gasteiger partial charge in [0, 0.05) is 19.1 Å². The van der Waals surface area contributed by atoms with E-state index in [0.717, 1.165) is 17.9 Å². The fourth-order valence-electron chi connectivity index (χ4n) is 1.72. The molecule has 0 bridgehead atoms. The Morgan fingerprint density at radius 3 is 2.79 bits per heavy atom. The molecule has 0 amide bonds. The SMILES string of the molecule is CN(CCNS(=O)(=O)c1ccc(C(N)=S)s1)C1CC1. The Labute approximate surface area is 122 Å². The number of hydrogen-bond donors (Lipinski definition) is 2. The number of thiophene rings is 1. The molecule has 8 heteroatoms. The molecule has 1 saturated carbocycles. The number of nitrogens with two attached hydrogens (primary N) is 1. The number of nitrogens with zero attached hydrogens (tertiary/aromatic N) is 1. The highest BCUT2D eigenvalue weighted by Gasteiger charge is 2.26. The minimum Gasteiger partial charge on any atom is -0.389 e. The Hall–Kier alpha value is -0.540. The maximum Gasteiger partial charge on any atom is 0.250 e. The lowest BCUT2D eigenvalue weighted by Gasteiger charge is -2.15. The van der Waals surface area contributed by atoms with Crippen LogP contribution in [0.1, 0.15) is 17.7 Å². The molecular formula is C11H17N3O2S3. The van der Waals surface area contributed by atoms with Gasteiger partial charge in [-0.3, -0.25) is 0 Å². The van der Waals surface area contributed by atoms with Crippen molar-refractivity contribution in [1.82, 2.24) is 9.62 Å². The van der Waals surface area contributed by atoms with Gasteiger partial charge in [0.05, 0.1) is 4.88 Å². The average molecular weight is 319 g/mol. The Morgan fingerprint density at radius 1 is 1.58 bits per heavy atom. The van der Waals surface area contributed by atoms with Gasteiger partial charge in [-0.1, -0.05) is 12.2 Å². The van der Waals surface area contributed by atoms with Crippen molar-refractivity contribution in [3.05, 3.63) is 17.0 Å². The molecule has 106 valence electrons. The van der Waals surface area contributed by atoms with Gasteiger partial charge in [-0.15, -0.1) is 11.3 Å². The van der Waals surface area contributed by atoms with Crippen LogP contribution in [0, 0.1) is 0 Å². The van der Waals surface area contributed by atoms with E-state index >= 15 is 0 Å². The summed E-state index contributed by atoms with van der Waals surface area (Å²) >= 11 is 5.92. The van der Waals surface area contributed by atoms with Crippen LogP contribution in [-0.2, 0) is 10.0 Å². The van der Waals surface area contributed by atoms with Crippen LogP contribution < -0.4 is 10.5 Å². The molecule has 1 heterocycles. The third kappa shape index (κ3) is 3.96. The van der Waals surface area contributed by atoms with E-state index in [2.05, 4.69) is 9.62 Å². The maximum atomic E-state index is 12.0. The second-order valence-corrected chi connectivity index (χ2v) is 8.11. The lowest BCUT2D eigenvalue weighted by Crippen LogP contribution is -2.33. The van der Waals surface area contributed by atoms with E-state index in [0.29, 0.717) is 17.5 Å². The molecule has 1 aromatic heterocycles. The van der Waals surface area contributed by atoms with E-state index in [1.54, 1.807) is 6.07 Å². The summed E-state index contributed by atoms with van der Waals surface area (Å²) in [6.45, 7) is 1.13. The molecule has 1 fully saturated rings. The van der Waals surface area contributed by atoms with Crippen LogP contribution in [0.25, 0.3) is 0 Å². The Kier molecular flexibility index (Phi) is 4.57. The summed E-state index contributed by atoms with van der Waals surface area (Å²) < 4.78 is 26.9. The summed E-state index contributed by atoms with van der Waals surface area (Å²) in [6, 6.07) is 3.80. The van der Waals surface area contributed by atoms with Crippen LogP contribution in [0.5, 0.6) is 0 Å². The topological polar surface area (TPSA) is 75.4 Å². The number of hydrogen-bond acceptors (Lipinski definition) is 5. The first-order valence-corrected chi connectivity index (χ1v) is 8.70. The van der Waals surface area contributed by atoms with E-state index in [1.807, 2.05) is 7.05 Å². The molecule has 0 unspecified atom stereocenters. The van der Waals surface area contributed by atoms with E-state index in [1.165, 1.54) is 18.9 Å². The molecule has 1 aliphatic rings. The van der Waals surface area contributed by atoms with Gasteiger partial charge < -0.3 is 10.6 Å². The van der Waals surface area contributed by atoms with Crippen molar-refractivity contribution in [3.8, 4) is 0 Å². The quantitative estimate of drug-likeness (QED) is 0.726. The lowest BCUT2D eigenvalue weighted by molar-refractivity contribution is 0.329. The molecule has 0 radical (unpaired) electrons. The molecule has 0 aliphatic heterocycles. The molecule has 3 N–H and O–H groups in total. The van der Waals surface area contributed by atoms with Crippen LogP contribution in [-0.4, -0.2) is 44.5 Å². The predicted molar refractivity (Wildman–Crippen MR) is 81.0 cm³/mol. The van der Waals surface area contributed by atoms with Gasteiger partial charge in [-0.2, -0.15) is 0 Å². The van der Waals surface area contributed by atoms with Gasteiger partial charge in [0.25, 0.3) is 0 Å². The summed E-state index contributed by atoms with van der Waals surface area (Å²) in [5, 5.41) is 0. The van der Waals surface area contributed by atoms with E-state index in [-0.39, 0.29) is 9.20 Å². The Balaban J connectivity index is 1.91. The van der Waals surface area contributed by atoms with Crippen molar-refractivity contribution in [2.24, 2.45) is 5.73 Å². The highest BCUT2D eigenvalue weighted by Crippen LogP contribution is 2.25. The first-order valence-electron chi connectivity index (χ1n) is 6.00. The smallest absolute Gasteiger partial charge is 0.250 e. The largest absolute Gasteiger partial charge is 0.389 e. The van der Waals surface area contributed by atoms with Crippen molar-refractivity contribution >= 4 is 38.6 Å². The fourth-order valence-corrected chi connectivity index (χ4v) is 4.14. The molecule has 5 nitrogen and oxygen atoms in total. The summed E-state index contributed by atoms with van der Waals surface area (Å²) in [5.41, 5.74) is 5.47. The van der Waals surface area contributed by atoms with Crippen LogP contribution in [0.2, 0.25) is 0 Å². The maximum absolute atomic E-state index is 12.0. The van der Waals surface area contributed by atoms with Crippen LogP contribution in [0.15, 0.2) is 16.3 Å². The van der Waals surface area contributed by atoms with Gasteiger partial charge in [0.15, 0.2) is 0 Å². The monoisotopic (exact) mass is 319 g/mol. The normalized spacial score (nSPS) is 15.9. The zero-order valence-electron chi connectivity index (χ0n) is 10.6. The summed E-state index contributed by atoms with van der Waals surface area (Å²) in [7, 11) is -1.43. The van der Waals surface area contributed by atoms with Gasteiger partial charge >= 0.3 is 0 Å². The van der Waals surface area contributed by atoms with E-state index in [4.69, 9.17) is 18.0 Å². The first kappa shape index (κ1) is 14.9. The zero-order valence-corrected chi connectivity index (χ0v) is 13.1. The number of rotatable bonds is 7. The number of sulfonamides is 1. The minimum atomic E-state index is -3.45. The van der Waals surface area contributed by atoms with Gasteiger partial charge in [-0.25, -0.2) is 13.1 Å². The molecule has 0 atom stereocenters. The Morgan fingerprint density at radius 2 is 2.26 bits per heavy atom. The van der Waals surface area contributed by atoms with Crippen molar-refractivity contribution < 1.29 is 8.42 Å². The third-order valence-corrected chi connectivity index (χ3v) is 6.44. The van der Waals surface area contributed by atoms with Gasteiger partial charge in [0.1, 0.15) is 9.20 Å². The second-order valence-electron chi connectivity index (χ2n) is 4.59. The van der Waals surface area contributed by atoms with Crippen LogP contribution >= 0.6 is 23.6 Å². The second kappa shape index (κ2) is 5.84. The highest BCUT2D eigenvalue weighted by molar-refractivity contribution is 7.91. The number of thiocarbonyl (C=S) groups is 1. The Bertz CT molecular complexity index is 563. The lowest BCUT2D eigenvalue weighted by atomic mass is 10.5. The third-order valence-electron chi connectivity index (χ3n) is 3.02. The van der Waals surface area contributed by atoms with Gasteiger partial charge in [0.2, 0.25) is 10.0 Å². The summed E-state index contributed by atoms with van der Waals surface area (Å²) in [4.78, 5) is 3.02. The minimum absolute atomic E-state index is 0.222. The summed E-state index contributed by atoms with van der Waals surface area (Å²) in [6.07, 6.45) is 2.43. The first-order chi connectivity index (χ1) is 8.90. The predicted octanol–water partition coefficient (Wildman–Crippen LogP) is 0.755. The zero-order chi connectivity index (χ0) is 14.0. The molecule has 0 spiro atoms. The van der Waals surface area contributed by atoms with Crippen molar-refractivity contribution in [2.75, 3.05) is 20.1 Å². The molecule has 19 heavy (non-hydrogen) atoms. The van der Waals surface area contributed by atoms with Crippen LogP contribution in [0.3, 0.4) is 0 Å². The van der Waals surface area contributed by atoms with Crippen LogP contribution in [0.4, 0.5) is 0 Å². The van der Waals surface area contributed by atoms with Crippen molar-refractivity contribution in [3.63, 3.8) is 0 Å². The average Bonchev–Trinajstić information content (AvgIpc) is 3.04. The van der Waals surface area contributed by atoms with E-state index in [9.17, 15) is 8.42 Å². The highest BCUT2D eigenvalue weighted by atomic mass is 32.2. The molecule has 0 aromatic carbocycles. The molecule has 0 saturated heterocycles.